The first-order valence-electron chi connectivity index (χ1n) is 5.62. The first-order chi connectivity index (χ1) is 7.80. The summed E-state index contributed by atoms with van der Waals surface area (Å²) in [6.07, 6.45) is 4.38. The molecule has 0 aliphatic heterocycles. The second kappa shape index (κ2) is 7.58. The Morgan fingerprint density at radius 3 is 2.88 bits per heavy atom. The van der Waals surface area contributed by atoms with E-state index in [0.29, 0.717) is 5.92 Å². The van der Waals surface area contributed by atoms with E-state index >= 15 is 0 Å². The Morgan fingerprint density at radius 1 is 1.44 bits per heavy atom. The van der Waals surface area contributed by atoms with Crippen molar-refractivity contribution in [1.82, 2.24) is 0 Å². The number of hydrogen-bond donors (Lipinski definition) is 1. The zero-order valence-corrected chi connectivity index (χ0v) is 10.9. The molecule has 16 heavy (non-hydrogen) atoms. The van der Waals surface area contributed by atoms with E-state index in [1.165, 1.54) is 17.7 Å². The van der Waals surface area contributed by atoms with E-state index in [1.54, 1.807) is 7.11 Å². The van der Waals surface area contributed by atoms with Crippen molar-refractivity contribution in [2.24, 2.45) is 11.7 Å². The van der Waals surface area contributed by atoms with Gasteiger partial charge in [-0.25, -0.2) is 0 Å². The molecule has 0 saturated carbocycles. The highest BCUT2D eigenvalue weighted by atomic mass is 32.2. The number of thioether (sulfide) groups is 1. The molecule has 1 atom stereocenters. The largest absolute Gasteiger partial charge is 0.497 e. The maximum Gasteiger partial charge on any atom is 0.119 e. The zero-order valence-electron chi connectivity index (χ0n) is 10.1. The SMILES string of the molecule is COc1cccc(CC(CN)CCSC)c1. The van der Waals surface area contributed by atoms with Crippen LogP contribution in [0.25, 0.3) is 0 Å². The van der Waals surface area contributed by atoms with Gasteiger partial charge in [0.15, 0.2) is 0 Å². The van der Waals surface area contributed by atoms with E-state index in [2.05, 4.69) is 18.4 Å². The fourth-order valence-electron chi connectivity index (χ4n) is 1.72. The minimum atomic E-state index is 0.583. The van der Waals surface area contributed by atoms with E-state index in [9.17, 15) is 0 Å². The summed E-state index contributed by atoms with van der Waals surface area (Å²) in [5, 5.41) is 0. The first kappa shape index (κ1) is 13.4. The molecule has 0 fully saturated rings. The van der Waals surface area contributed by atoms with E-state index in [0.717, 1.165) is 18.7 Å². The Morgan fingerprint density at radius 2 is 2.25 bits per heavy atom. The molecule has 0 spiro atoms. The average molecular weight is 239 g/mol. The highest BCUT2D eigenvalue weighted by Crippen LogP contribution is 2.18. The summed E-state index contributed by atoms with van der Waals surface area (Å²) in [5.41, 5.74) is 7.11. The molecule has 0 amide bonds. The Labute approximate surface area is 103 Å². The van der Waals surface area contributed by atoms with Gasteiger partial charge in [0, 0.05) is 0 Å². The van der Waals surface area contributed by atoms with Gasteiger partial charge in [-0.15, -0.1) is 0 Å². The van der Waals surface area contributed by atoms with E-state index in [-0.39, 0.29) is 0 Å². The second-order valence-electron chi connectivity index (χ2n) is 3.94. The topological polar surface area (TPSA) is 35.2 Å². The lowest BCUT2D eigenvalue weighted by atomic mass is 9.97. The molecule has 90 valence electrons. The van der Waals surface area contributed by atoms with Crippen LogP contribution in [0.4, 0.5) is 0 Å². The van der Waals surface area contributed by atoms with Gasteiger partial charge in [0.1, 0.15) is 5.75 Å². The van der Waals surface area contributed by atoms with E-state index < -0.39 is 0 Å². The summed E-state index contributed by atoms with van der Waals surface area (Å²) in [7, 11) is 1.70. The van der Waals surface area contributed by atoms with Crippen LogP contribution in [-0.4, -0.2) is 25.7 Å². The van der Waals surface area contributed by atoms with Gasteiger partial charge in [0.05, 0.1) is 7.11 Å². The van der Waals surface area contributed by atoms with Crippen molar-refractivity contribution in [1.29, 1.82) is 0 Å². The van der Waals surface area contributed by atoms with Crippen molar-refractivity contribution < 1.29 is 4.74 Å². The van der Waals surface area contributed by atoms with Gasteiger partial charge in [-0.05, 0) is 55.0 Å². The maximum atomic E-state index is 5.79. The van der Waals surface area contributed by atoms with E-state index in [1.807, 2.05) is 23.9 Å². The Bertz CT molecular complexity index is 304. The van der Waals surface area contributed by atoms with Gasteiger partial charge >= 0.3 is 0 Å². The molecular weight excluding hydrogens is 218 g/mol. The smallest absolute Gasteiger partial charge is 0.119 e. The first-order valence-corrected chi connectivity index (χ1v) is 7.01. The normalized spacial score (nSPS) is 12.4. The third-order valence-electron chi connectivity index (χ3n) is 2.72. The Balaban J connectivity index is 2.55. The zero-order chi connectivity index (χ0) is 11.8. The molecule has 1 aromatic carbocycles. The van der Waals surface area contributed by atoms with Crippen LogP contribution in [-0.2, 0) is 6.42 Å². The van der Waals surface area contributed by atoms with Crippen molar-refractivity contribution >= 4 is 11.8 Å². The summed E-state index contributed by atoms with van der Waals surface area (Å²) >= 11 is 1.88. The lowest BCUT2D eigenvalue weighted by molar-refractivity contribution is 0.413. The number of benzene rings is 1. The van der Waals surface area contributed by atoms with Crippen molar-refractivity contribution in [2.45, 2.75) is 12.8 Å². The lowest BCUT2D eigenvalue weighted by Gasteiger charge is -2.14. The van der Waals surface area contributed by atoms with Crippen LogP contribution in [0.1, 0.15) is 12.0 Å². The quantitative estimate of drug-likeness (QED) is 0.794. The van der Waals surface area contributed by atoms with Crippen LogP contribution in [0.2, 0.25) is 0 Å². The molecule has 2 N–H and O–H groups in total. The summed E-state index contributed by atoms with van der Waals surface area (Å²) in [5.74, 6) is 2.70. The van der Waals surface area contributed by atoms with Crippen LogP contribution in [0, 0.1) is 5.92 Å². The molecule has 1 rings (SSSR count). The van der Waals surface area contributed by atoms with Crippen LogP contribution >= 0.6 is 11.8 Å². The van der Waals surface area contributed by atoms with Gasteiger partial charge in [0.25, 0.3) is 0 Å². The van der Waals surface area contributed by atoms with Crippen LogP contribution in [0.15, 0.2) is 24.3 Å². The summed E-state index contributed by atoms with van der Waals surface area (Å²) in [4.78, 5) is 0. The van der Waals surface area contributed by atoms with Crippen molar-refractivity contribution in [3.63, 3.8) is 0 Å². The van der Waals surface area contributed by atoms with Gasteiger partial charge in [-0.3, -0.25) is 0 Å². The lowest BCUT2D eigenvalue weighted by Crippen LogP contribution is -2.17. The molecule has 3 heteroatoms. The van der Waals surface area contributed by atoms with Crippen molar-refractivity contribution in [3.8, 4) is 5.75 Å². The highest BCUT2D eigenvalue weighted by Gasteiger charge is 2.07. The minimum Gasteiger partial charge on any atom is -0.497 e. The number of ether oxygens (including phenoxy) is 1. The third-order valence-corrected chi connectivity index (χ3v) is 3.37. The Kier molecular flexibility index (Phi) is 6.34. The third kappa shape index (κ3) is 4.45. The van der Waals surface area contributed by atoms with Crippen LogP contribution in [0.5, 0.6) is 5.75 Å². The van der Waals surface area contributed by atoms with E-state index in [4.69, 9.17) is 10.5 Å². The van der Waals surface area contributed by atoms with Crippen LogP contribution in [0.3, 0.4) is 0 Å². The molecule has 0 saturated heterocycles. The van der Waals surface area contributed by atoms with Crippen molar-refractivity contribution in [3.05, 3.63) is 29.8 Å². The van der Waals surface area contributed by atoms with Gasteiger partial charge < -0.3 is 10.5 Å². The molecule has 0 aromatic heterocycles. The maximum absolute atomic E-state index is 5.79. The molecule has 0 aliphatic carbocycles. The van der Waals surface area contributed by atoms with Crippen LogP contribution < -0.4 is 10.5 Å². The minimum absolute atomic E-state index is 0.583. The van der Waals surface area contributed by atoms with Crippen molar-refractivity contribution in [2.75, 3.05) is 25.7 Å². The molecule has 0 aliphatic rings. The Hall–Kier alpha value is -0.670. The number of methoxy groups -OCH3 is 1. The highest BCUT2D eigenvalue weighted by molar-refractivity contribution is 7.98. The fourth-order valence-corrected chi connectivity index (χ4v) is 2.29. The van der Waals surface area contributed by atoms with Gasteiger partial charge in [-0.1, -0.05) is 12.1 Å². The monoisotopic (exact) mass is 239 g/mol. The average Bonchev–Trinajstić information content (AvgIpc) is 2.34. The molecular formula is C13H21NOS. The van der Waals surface area contributed by atoms with Gasteiger partial charge in [0.2, 0.25) is 0 Å². The standard InChI is InChI=1S/C13H21NOS/c1-15-13-5-3-4-11(9-13)8-12(10-14)6-7-16-2/h3-5,9,12H,6-8,10,14H2,1-2H3. The summed E-state index contributed by atoms with van der Waals surface area (Å²) in [6, 6.07) is 8.26. The molecule has 0 bridgehead atoms. The molecule has 0 radical (unpaired) electrons. The summed E-state index contributed by atoms with van der Waals surface area (Å²) in [6.45, 7) is 0.762. The molecule has 1 aromatic rings. The molecule has 2 nitrogen and oxygen atoms in total. The number of hydrogen-bond acceptors (Lipinski definition) is 3. The predicted octanol–water partition coefficient (Wildman–Crippen LogP) is 2.57. The molecule has 1 unspecified atom stereocenters. The summed E-state index contributed by atoms with van der Waals surface area (Å²) < 4.78 is 5.22. The number of rotatable bonds is 7. The van der Waals surface area contributed by atoms with Gasteiger partial charge in [-0.2, -0.15) is 11.8 Å². The number of nitrogens with two attached hydrogens (primary N) is 1. The fraction of sp³-hybridized carbons (Fsp3) is 0.538. The second-order valence-corrected chi connectivity index (χ2v) is 4.92. The predicted molar refractivity (Wildman–Crippen MR) is 72.2 cm³/mol. The molecule has 0 heterocycles.